The van der Waals surface area contributed by atoms with Crippen LogP contribution < -0.4 is 5.19 Å². The Morgan fingerprint density at radius 2 is 1.92 bits per heavy atom. The van der Waals surface area contributed by atoms with Gasteiger partial charge in [-0.1, -0.05) is 30.4 Å². The van der Waals surface area contributed by atoms with Crippen LogP contribution in [0, 0.1) is 0 Å². The molecule has 0 aliphatic heterocycles. The van der Waals surface area contributed by atoms with Gasteiger partial charge in [0, 0.05) is 29.8 Å². The summed E-state index contributed by atoms with van der Waals surface area (Å²) < 4.78 is 7.30. The number of carbonyl (C=O) groups excluding carboxylic acids is 1. The molecule has 2 aromatic heterocycles. The first kappa shape index (κ1) is 16.5. The summed E-state index contributed by atoms with van der Waals surface area (Å²) in [5, 5.41) is 2.43. The molecule has 0 N–H and O–H groups in total. The van der Waals surface area contributed by atoms with Gasteiger partial charge in [0.2, 0.25) is 0 Å². The molecule has 2 heterocycles. The Labute approximate surface area is 143 Å². The minimum absolute atomic E-state index is 0.275. The van der Waals surface area contributed by atoms with E-state index in [0.717, 1.165) is 16.5 Å². The van der Waals surface area contributed by atoms with Gasteiger partial charge in [0.1, 0.15) is 5.69 Å². The van der Waals surface area contributed by atoms with E-state index in [1.54, 1.807) is 12.4 Å². The van der Waals surface area contributed by atoms with Gasteiger partial charge >= 0.3 is 5.97 Å². The van der Waals surface area contributed by atoms with Gasteiger partial charge in [0.05, 0.1) is 15.4 Å². The predicted molar refractivity (Wildman–Crippen MR) is 98.3 cm³/mol. The van der Waals surface area contributed by atoms with E-state index in [-0.39, 0.29) is 5.97 Å². The zero-order valence-corrected chi connectivity index (χ0v) is 15.2. The molecule has 1 aromatic carbocycles. The van der Waals surface area contributed by atoms with Crippen LogP contribution >= 0.6 is 0 Å². The highest BCUT2D eigenvalue weighted by molar-refractivity contribution is 6.70. The largest absolute Gasteiger partial charge is 0.461 e. The summed E-state index contributed by atoms with van der Waals surface area (Å²) in [5.74, 6) is -0.275. The van der Waals surface area contributed by atoms with Gasteiger partial charge in [0.25, 0.3) is 0 Å². The standard InChI is InChI=1S/C19H21N2O2Si/c1-4-23-19(22)18-11-15-5-6-16(24(2)3)12-17(15)21(18)13-14-7-9-20-10-8-14/h5-12H,4,13H2,1-3H3. The van der Waals surface area contributed by atoms with E-state index in [1.807, 2.05) is 25.1 Å². The number of fused-ring (bicyclic) bond motifs is 1. The van der Waals surface area contributed by atoms with Crippen molar-refractivity contribution in [2.75, 3.05) is 6.61 Å². The number of rotatable bonds is 5. The molecule has 3 aromatic rings. The van der Waals surface area contributed by atoms with Crippen molar-refractivity contribution in [3.63, 3.8) is 0 Å². The molecule has 0 bridgehead atoms. The van der Waals surface area contributed by atoms with Gasteiger partial charge in [-0.05, 0) is 36.8 Å². The van der Waals surface area contributed by atoms with Crippen LogP contribution in [-0.4, -0.2) is 30.9 Å². The van der Waals surface area contributed by atoms with E-state index in [2.05, 4.69) is 40.8 Å². The second-order valence-electron chi connectivity index (χ2n) is 5.97. The molecule has 0 aliphatic rings. The summed E-state index contributed by atoms with van der Waals surface area (Å²) in [6.07, 6.45) is 3.55. The van der Waals surface area contributed by atoms with Gasteiger partial charge < -0.3 is 9.30 Å². The van der Waals surface area contributed by atoms with Crippen molar-refractivity contribution in [3.8, 4) is 0 Å². The highest BCUT2D eigenvalue weighted by Gasteiger charge is 2.17. The summed E-state index contributed by atoms with van der Waals surface area (Å²) in [7, 11) is -0.551. The Kier molecular flexibility index (Phi) is 4.80. The van der Waals surface area contributed by atoms with Crippen LogP contribution in [0.25, 0.3) is 10.9 Å². The van der Waals surface area contributed by atoms with Gasteiger partial charge in [-0.2, -0.15) is 0 Å². The Bertz CT molecular complexity index is 856. The molecule has 0 atom stereocenters. The monoisotopic (exact) mass is 337 g/mol. The first-order valence-corrected chi connectivity index (χ1v) is 10.6. The SMILES string of the molecule is CCOC(=O)c1cc2ccc([Si](C)C)cc2n1Cc1ccncc1. The van der Waals surface area contributed by atoms with Crippen LogP contribution in [0.1, 0.15) is 23.0 Å². The number of ether oxygens (including phenoxy) is 1. The smallest absolute Gasteiger partial charge is 0.354 e. The van der Waals surface area contributed by atoms with Crippen molar-refractivity contribution < 1.29 is 9.53 Å². The number of aromatic nitrogens is 2. The first-order valence-electron chi connectivity index (χ1n) is 8.10. The number of carbonyl (C=O) groups is 1. The second-order valence-corrected chi connectivity index (χ2v) is 8.54. The summed E-state index contributed by atoms with van der Waals surface area (Å²) in [4.78, 5) is 16.5. The lowest BCUT2D eigenvalue weighted by Crippen LogP contribution is -2.22. The third-order valence-electron chi connectivity index (χ3n) is 4.06. The van der Waals surface area contributed by atoms with Crippen molar-refractivity contribution in [1.29, 1.82) is 0 Å². The molecule has 5 heteroatoms. The molecular weight excluding hydrogens is 316 g/mol. The normalized spacial score (nSPS) is 11.2. The van der Waals surface area contributed by atoms with Crippen LogP contribution in [-0.2, 0) is 11.3 Å². The molecule has 0 aliphatic carbocycles. The van der Waals surface area contributed by atoms with Crippen molar-refractivity contribution >= 4 is 30.9 Å². The highest BCUT2D eigenvalue weighted by atomic mass is 28.3. The van der Waals surface area contributed by atoms with E-state index in [0.29, 0.717) is 18.8 Å². The quantitative estimate of drug-likeness (QED) is 0.530. The number of pyridine rings is 1. The predicted octanol–water partition coefficient (Wildman–Crippen LogP) is 3.22. The fourth-order valence-electron chi connectivity index (χ4n) is 2.78. The van der Waals surface area contributed by atoms with Crippen molar-refractivity contribution in [3.05, 3.63) is 60.0 Å². The Hall–Kier alpha value is -2.40. The topological polar surface area (TPSA) is 44.1 Å². The highest BCUT2D eigenvalue weighted by Crippen LogP contribution is 2.22. The number of esters is 1. The van der Waals surface area contributed by atoms with Crippen LogP contribution in [0.5, 0.6) is 0 Å². The summed E-state index contributed by atoms with van der Waals surface area (Å²) in [6, 6.07) is 12.4. The zero-order valence-electron chi connectivity index (χ0n) is 14.2. The van der Waals surface area contributed by atoms with Gasteiger partial charge in [0.15, 0.2) is 0 Å². The van der Waals surface area contributed by atoms with Gasteiger partial charge in [-0.25, -0.2) is 4.79 Å². The Morgan fingerprint density at radius 3 is 2.58 bits per heavy atom. The molecule has 123 valence electrons. The number of benzene rings is 1. The molecule has 3 rings (SSSR count). The maximum atomic E-state index is 12.4. The minimum atomic E-state index is -0.551. The Morgan fingerprint density at radius 1 is 1.17 bits per heavy atom. The molecular formula is C19H21N2O2Si. The molecule has 4 nitrogen and oxygen atoms in total. The fraction of sp³-hybridized carbons (Fsp3) is 0.263. The van der Waals surface area contributed by atoms with Gasteiger partial charge in [-0.15, -0.1) is 0 Å². The average molecular weight is 337 g/mol. The van der Waals surface area contributed by atoms with Gasteiger partial charge in [-0.3, -0.25) is 4.98 Å². The maximum absolute atomic E-state index is 12.4. The lowest BCUT2D eigenvalue weighted by molar-refractivity contribution is 0.0515. The lowest BCUT2D eigenvalue weighted by atomic mass is 10.2. The number of hydrogen-bond acceptors (Lipinski definition) is 3. The molecule has 0 amide bonds. The van der Waals surface area contributed by atoms with Crippen LogP contribution in [0.2, 0.25) is 13.1 Å². The lowest BCUT2D eigenvalue weighted by Gasteiger charge is -2.11. The second kappa shape index (κ2) is 7.01. The summed E-state index contributed by atoms with van der Waals surface area (Å²) in [6.45, 7) is 7.37. The molecule has 0 fully saturated rings. The van der Waals surface area contributed by atoms with Crippen molar-refractivity contribution in [2.24, 2.45) is 0 Å². The van der Waals surface area contributed by atoms with Crippen molar-refractivity contribution in [2.45, 2.75) is 26.6 Å². The van der Waals surface area contributed by atoms with E-state index >= 15 is 0 Å². The molecule has 0 saturated heterocycles. The van der Waals surface area contributed by atoms with Crippen LogP contribution in [0.3, 0.4) is 0 Å². The molecule has 0 unspecified atom stereocenters. The first-order chi connectivity index (χ1) is 11.6. The molecule has 24 heavy (non-hydrogen) atoms. The van der Waals surface area contributed by atoms with E-state index < -0.39 is 8.80 Å². The summed E-state index contributed by atoms with van der Waals surface area (Å²) in [5.41, 5.74) is 2.79. The molecule has 0 spiro atoms. The van der Waals surface area contributed by atoms with Crippen LogP contribution in [0.15, 0.2) is 48.8 Å². The minimum Gasteiger partial charge on any atom is -0.461 e. The van der Waals surface area contributed by atoms with E-state index in [9.17, 15) is 4.79 Å². The zero-order chi connectivity index (χ0) is 17.1. The third kappa shape index (κ3) is 3.26. The Balaban J connectivity index is 2.14. The number of nitrogens with zero attached hydrogens (tertiary/aromatic N) is 2. The number of hydrogen-bond donors (Lipinski definition) is 0. The fourth-order valence-corrected chi connectivity index (χ4v) is 3.62. The van der Waals surface area contributed by atoms with Crippen molar-refractivity contribution in [1.82, 2.24) is 9.55 Å². The molecule has 0 saturated carbocycles. The van der Waals surface area contributed by atoms with E-state index in [4.69, 9.17) is 4.74 Å². The third-order valence-corrected chi connectivity index (χ3v) is 5.52. The van der Waals surface area contributed by atoms with Crippen LogP contribution in [0.4, 0.5) is 0 Å². The maximum Gasteiger partial charge on any atom is 0.354 e. The van der Waals surface area contributed by atoms with E-state index in [1.165, 1.54) is 5.19 Å². The summed E-state index contributed by atoms with van der Waals surface area (Å²) >= 11 is 0. The average Bonchev–Trinajstić information content (AvgIpc) is 2.94. The molecule has 1 radical (unpaired) electrons.